The number of halogens is 1. The molecule has 1 aliphatic rings. The van der Waals surface area contributed by atoms with E-state index in [0.717, 1.165) is 0 Å². The van der Waals surface area contributed by atoms with E-state index in [2.05, 4.69) is 10.2 Å². The van der Waals surface area contributed by atoms with Crippen LogP contribution in [-0.4, -0.2) is 68.4 Å². The minimum absolute atomic E-state index is 0.215. The molecular weight excluding hydrogens is 438 g/mol. The first-order chi connectivity index (χ1) is 14.7. The van der Waals surface area contributed by atoms with Crippen molar-refractivity contribution in [3.8, 4) is 5.75 Å². The summed E-state index contributed by atoms with van der Waals surface area (Å²) in [6.07, 6.45) is 0. The average Bonchev–Trinajstić information content (AvgIpc) is 2.76. The second-order valence-electron chi connectivity index (χ2n) is 7.88. The molecule has 0 spiro atoms. The lowest BCUT2D eigenvalue weighted by molar-refractivity contribution is -0.134. The van der Waals surface area contributed by atoms with Crippen molar-refractivity contribution in [2.45, 2.75) is 24.3 Å². The van der Waals surface area contributed by atoms with Gasteiger partial charge in [-0.2, -0.15) is 4.31 Å². The zero-order valence-electron chi connectivity index (χ0n) is 17.8. The van der Waals surface area contributed by atoms with Gasteiger partial charge in [-0.3, -0.25) is 9.69 Å². The van der Waals surface area contributed by atoms with E-state index in [1.807, 2.05) is 0 Å². The van der Waals surface area contributed by atoms with Crippen LogP contribution in [0.1, 0.15) is 13.8 Å². The first-order valence-corrected chi connectivity index (χ1v) is 12.0. The summed E-state index contributed by atoms with van der Waals surface area (Å²) in [6, 6.07) is 15.4. The Morgan fingerprint density at radius 3 is 2.26 bits per heavy atom. The maximum atomic E-state index is 12.7. The lowest BCUT2D eigenvalue weighted by Gasteiger charge is -2.34. The van der Waals surface area contributed by atoms with Crippen molar-refractivity contribution in [3.63, 3.8) is 0 Å². The maximum absolute atomic E-state index is 12.7. The van der Waals surface area contributed by atoms with E-state index in [1.165, 1.54) is 4.31 Å². The molecule has 0 unspecified atom stereocenters. The topological polar surface area (TPSA) is 79.0 Å². The fourth-order valence-corrected chi connectivity index (χ4v) is 4.89. The van der Waals surface area contributed by atoms with Gasteiger partial charge in [0.25, 0.3) is 5.91 Å². The van der Waals surface area contributed by atoms with Crippen molar-refractivity contribution in [1.29, 1.82) is 0 Å². The molecule has 0 atom stereocenters. The van der Waals surface area contributed by atoms with Crippen LogP contribution in [0.4, 0.5) is 0 Å². The van der Waals surface area contributed by atoms with Gasteiger partial charge in [0.15, 0.2) is 5.60 Å². The number of hydrogen-bond donors (Lipinski definition) is 1. The van der Waals surface area contributed by atoms with Gasteiger partial charge in [-0.1, -0.05) is 29.8 Å². The fourth-order valence-electron chi connectivity index (χ4n) is 3.32. The number of sulfonamides is 1. The molecule has 1 amide bonds. The van der Waals surface area contributed by atoms with Crippen molar-refractivity contribution in [3.05, 3.63) is 59.6 Å². The summed E-state index contributed by atoms with van der Waals surface area (Å²) in [4.78, 5) is 15.0. The smallest absolute Gasteiger partial charge is 0.263 e. The summed E-state index contributed by atoms with van der Waals surface area (Å²) in [5.41, 5.74) is -1.03. The highest BCUT2D eigenvalue weighted by Gasteiger charge is 2.31. The monoisotopic (exact) mass is 465 g/mol. The van der Waals surface area contributed by atoms with Crippen LogP contribution in [0.2, 0.25) is 5.02 Å². The van der Waals surface area contributed by atoms with E-state index in [4.69, 9.17) is 16.3 Å². The van der Waals surface area contributed by atoms with Crippen LogP contribution in [-0.2, 0) is 14.8 Å². The molecule has 2 aromatic rings. The first-order valence-electron chi connectivity index (χ1n) is 10.2. The highest BCUT2D eigenvalue weighted by atomic mass is 35.5. The third kappa shape index (κ3) is 6.20. The van der Waals surface area contributed by atoms with Crippen LogP contribution < -0.4 is 10.1 Å². The van der Waals surface area contributed by atoms with Gasteiger partial charge < -0.3 is 10.1 Å². The van der Waals surface area contributed by atoms with Crippen LogP contribution in [0.5, 0.6) is 5.75 Å². The van der Waals surface area contributed by atoms with Crippen molar-refractivity contribution in [1.82, 2.24) is 14.5 Å². The Labute approximate surface area is 189 Å². The minimum atomic E-state index is -3.46. The van der Waals surface area contributed by atoms with Crippen LogP contribution in [0.25, 0.3) is 0 Å². The summed E-state index contributed by atoms with van der Waals surface area (Å²) in [6.45, 7) is 6.61. The number of carbonyl (C=O) groups is 1. The number of hydrogen-bond acceptors (Lipinski definition) is 5. The van der Waals surface area contributed by atoms with Crippen molar-refractivity contribution in [2.24, 2.45) is 0 Å². The number of nitrogens with zero attached hydrogens (tertiary/aromatic N) is 2. The second-order valence-corrected chi connectivity index (χ2v) is 10.3. The average molecular weight is 466 g/mol. The van der Waals surface area contributed by atoms with Gasteiger partial charge in [0.1, 0.15) is 5.75 Å². The molecule has 31 heavy (non-hydrogen) atoms. The maximum Gasteiger partial charge on any atom is 0.263 e. The van der Waals surface area contributed by atoms with Crippen LogP contribution in [0.15, 0.2) is 59.5 Å². The Morgan fingerprint density at radius 1 is 1.03 bits per heavy atom. The normalized spacial score (nSPS) is 16.1. The molecule has 0 aromatic heterocycles. The zero-order valence-corrected chi connectivity index (χ0v) is 19.3. The molecule has 168 valence electrons. The van der Waals surface area contributed by atoms with Gasteiger partial charge in [-0.15, -0.1) is 0 Å². The molecule has 1 fully saturated rings. The number of nitrogens with one attached hydrogen (secondary N) is 1. The Bertz CT molecular complexity index is 974. The molecule has 1 aliphatic heterocycles. The molecular formula is C22H28ClN3O4S. The SMILES string of the molecule is CC(C)(Oc1ccc(Cl)cc1)C(=O)NCCN1CCN(S(=O)(=O)c2ccccc2)CC1. The highest BCUT2D eigenvalue weighted by molar-refractivity contribution is 7.89. The zero-order chi connectivity index (χ0) is 22.5. The van der Waals surface area contributed by atoms with E-state index < -0.39 is 15.6 Å². The third-order valence-corrected chi connectivity index (χ3v) is 7.32. The number of amides is 1. The number of rotatable bonds is 8. The quantitative estimate of drug-likeness (QED) is 0.648. The van der Waals surface area contributed by atoms with Crippen molar-refractivity contribution in [2.75, 3.05) is 39.3 Å². The Balaban J connectivity index is 1.43. The van der Waals surface area contributed by atoms with E-state index in [-0.39, 0.29) is 5.91 Å². The molecule has 0 bridgehead atoms. The molecule has 1 N–H and O–H groups in total. The van der Waals surface area contributed by atoms with Gasteiger partial charge in [-0.25, -0.2) is 8.42 Å². The molecule has 1 heterocycles. The molecule has 0 aliphatic carbocycles. The van der Waals surface area contributed by atoms with E-state index in [0.29, 0.717) is 54.9 Å². The summed E-state index contributed by atoms with van der Waals surface area (Å²) < 4.78 is 32.7. The molecule has 1 saturated heterocycles. The predicted molar refractivity (Wildman–Crippen MR) is 121 cm³/mol. The minimum Gasteiger partial charge on any atom is -0.478 e. The Kier molecular flexibility index (Phi) is 7.59. The van der Waals surface area contributed by atoms with E-state index in [1.54, 1.807) is 68.4 Å². The predicted octanol–water partition coefficient (Wildman–Crippen LogP) is 2.62. The van der Waals surface area contributed by atoms with Gasteiger partial charge in [0.05, 0.1) is 4.90 Å². The van der Waals surface area contributed by atoms with Crippen molar-refractivity contribution >= 4 is 27.5 Å². The third-order valence-electron chi connectivity index (χ3n) is 5.16. The Hall–Kier alpha value is -2.13. The molecule has 2 aromatic carbocycles. The highest BCUT2D eigenvalue weighted by Crippen LogP contribution is 2.21. The van der Waals surface area contributed by atoms with Gasteiger partial charge in [0.2, 0.25) is 10.0 Å². The van der Waals surface area contributed by atoms with Crippen LogP contribution in [0, 0.1) is 0 Å². The molecule has 9 heteroatoms. The standard InChI is InChI=1S/C22H28ClN3O4S/c1-22(2,30-19-10-8-18(23)9-11-19)21(27)24-12-13-25-14-16-26(17-15-25)31(28,29)20-6-4-3-5-7-20/h3-11H,12-17H2,1-2H3,(H,24,27). The Morgan fingerprint density at radius 2 is 1.65 bits per heavy atom. The van der Waals surface area contributed by atoms with Crippen LogP contribution >= 0.6 is 11.6 Å². The van der Waals surface area contributed by atoms with E-state index >= 15 is 0 Å². The molecule has 3 rings (SSSR count). The van der Waals surface area contributed by atoms with Crippen LogP contribution in [0.3, 0.4) is 0 Å². The number of ether oxygens (including phenoxy) is 1. The summed E-state index contributed by atoms with van der Waals surface area (Å²) in [7, 11) is -3.46. The summed E-state index contributed by atoms with van der Waals surface area (Å²) in [5, 5.41) is 3.51. The number of benzene rings is 2. The fraction of sp³-hybridized carbons (Fsp3) is 0.409. The number of carbonyl (C=O) groups excluding carboxylic acids is 1. The second kappa shape index (κ2) is 9.99. The molecule has 7 nitrogen and oxygen atoms in total. The molecule has 0 saturated carbocycles. The van der Waals surface area contributed by atoms with Gasteiger partial charge >= 0.3 is 0 Å². The summed E-state index contributed by atoms with van der Waals surface area (Å²) >= 11 is 5.88. The molecule has 0 radical (unpaired) electrons. The largest absolute Gasteiger partial charge is 0.478 e. The van der Waals surface area contributed by atoms with Gasteiger partial charge in [0, 0.05) is 44.3 Å². The van der Waals surface area contributed by atoms with E-state index in [9.17, 15) is 13.2 Å². The van der Waals surface area contributed by atoms with Crippen molar-refractivity contribution < 1.29 is 17.9 Å². The number of piperazine rings is 1. The summed E-state index contributed by atoms with van der Waals surface area (Å²) in [5.74, 6) is 0.355. The lowest BCUT2D eigenvalue weighted by atomic mass is 10.1. The first kappa shape index (κ1) is 23.5. The lowest BCUT2D eigenvalue weighted by Crippen LogP contribution is -2.52. The van der Waals surface area contributed by atoms with Gasteiger partial charge in [-0.05, 0) is 50.2 Å².